The summed E-state index contributed by atoms with van der Waals surface area (Å²) in [7, 11) is 4.51. The van der Waals surface area contributed by atoms with Gasteiger partial charge in [0.15, 0.2) is 11.3 Å². The van der Waals surface area contributed by atoms with Crippen LogP contribution in [0.3, 0.4) is 0 Å². The lowest BCUT2D eigenvalue weighted by atomic mass is 10.2. The Balaban J connectivity index is 2.94. The van der Waals surface area contributed by atoms with Gasteiger partial charge in [0, 0.05) is 0 Å². The lowest BCUT2D eigenvalue weighted by molar-refractivity contribution is 0.387. The Kier molecular flexibility index (Phi) is 2.91. The van der Waals surface area contributed by atoms with E-state index in [0.717, 1.165) is 0 Å². The average Bonchev–Trinajstić information content (AvgIpc) is 2.36. The van der Waals surface area contributed by atoms with E-state index in [9.17, 15) is 4.79 Å². The summed E-state index contributed by atoms with van der Waals surface area (Å²) in [4.78, 5) is 11.4. The summed E-state index contributed by atoms with van der Waals surface area (Å²) in [5, 5.41) is 0.578. The lowest BCUT2D eigenvalue weighted by Crippen LogP contribution is -2.01. The van der Waals surface area contributed by atoms with Crippen molar-refractivity contribution in [2.45, 2.75) is 0 Å². The van der Waals surface area contributed by atoms with Crippen LogP contribution in [-0.4, -0.2) is 21.3 Å². The molecule has 5 heteroatoms. The fourth-order valence-electron chi connectivity index (χ4n) is 1.68. The number of benzene rings is 1. The SMILES string of the molecule is COc1ccc(OC)c2c(OC)cc(=O)oc12. The molecule has 0 aliphatic heterocycles. The molecule has 1 heterocycles. The molecule has 0 N–H and O–H groups in total. The Hall–Kier alpha value is -2.17. The molecule has 5 nitrogen and oxygen atoms in total. The van der Waals surface area contributed by atoms with Crippen LogP contribution in [0.2, 0.25) is 0 Å². The summed E-state index contributed by atoms with van der Waals surface area (Å²) < 4.78 is 20.6. The predicted octanol–water partition coefficient (Wildman–Crippen LogP) is 1.82. The van der Waals surface area contributed by atoms with E-state index in [0.29, 0.717) is 28.2 Å². The number of rotatable bonds is 3. The van der Waals surface area contributed by atoms with Gasteiger partial charge in [0.25, 0.3) is 0 Å². The molecule has 0 atom stereocenters. The zero-order valence-corrected chi connectivity index (χ0v) is 9.77. The molecule has 2 aromatic rings. The molecule has 0 aliphatic carbocycles. The molecule has 0 saturated carbocycles. The largest absolute Gasteiger partial charge is 0.496 e. The monoisotopic (exact) mass is 236 g/mol. The van der Waals surface area contributed by atoms with Gasteiger partial charge in [-0.25, -0.2) is 4.79 Å². The first-order valence-electron chi connectivity index (χ1n) is 4.94. The van der Waals surface area contributed by atoms with E-state index in [-0.39, 0.29) is 0 Å². The quantitative estimate of drug-likeness (QED) is 0.761. The molecule has 1 aromatic carbocycles. The van der Waals surface area contributed by atoms with E-state index in [1.54, 1.807) is 12.1 Å². The van der Waals surface area contributed by atoms with Gasteiger partial charge in [0.1, 0.15) is 16.9 Å². The van der Waals surface area contributed by atoms with Crippen molar-refractivity contribution in [1.29, 1.82) is 0 Å². The molecule has 2 rings (SSSR count). The van der Waals surface area contributed by atoms with Gasteiger partial charge in [-0.15, -0.1) is 0 Å². The smallest absolute Gasteiger partial charge is 0.340 e. The van der Waals surface area contributed by atoms with E-state index in [4.69, 9.17) is 18.6 Å². The van der Waals surface area contributed by atoms with E-state index in [2.05, 4.69) is 0 Å². The van der Waals surface area contributed by atoms with E-state index in [1.807, 2.05) is 0 Å². The minimum atomic E-state index is -0.499. The third-order valence-electron chi connectivity index (χ3n) is 2.44. The minimum absolute atomic E-state index is 0.316. The topological polar surface area (TPSA) is 57.9 Å². The second-order valence-electron chi connectivity index (χ2n) is 3.31. The van der Waals surface area contributed by atoms with E-state index in [1.165, 1.54) is 27.4 Å². The molecule has 0 unspecified atom stereocenters. The number of hydrogen-bond acceptors (Lipinski definition) is 5. The van der Waals surface area contributed by atoms with Crippen LogP contribution in [0.5, 0.6) is 17.2 Å². The van der Waals surface area contributed by atoms with Gasteiger partial charge in [-0.1, -0.05) is 0 Å². The van der Waals surface area contributed by atoms with Gasteiger partial charge in [-0.3, -0.25) is 0 Å². The van der Waals surface area contributed by atoms with Crippen molar-refractivity contribution in [2.75, 3.05) is 21.3 Å². The first-order chi connectivity index (χ1) is 8.21. The van der Waals surface area contributed by atoms with Crippen molar-refractivity contribution in [3.05, 3.63) is 28.6 Å². The average molecular weight is 236 g/mol. The Morgan fingerprint density at radius 2 is 1.53 bits per heavy atom. The number of fused-ring (bicyclic) bond motifs is 1. The molecule has 17 heavy (non-hydrogen) atoms. The molecule has 90 valence electrons. The summed E-state index contributed by atoms with van der Waals surface area (Å²) in [6.45, 7) is 0. The Bertz CT molecular complexity index is 600. The van der Waals surface area contributed by atoms with Gasteiger partial charge in [-0.2, -0.15) is 0 Å². The van der Waals surface area contributed by atoms with Gasteiger partial charge in [0.2, 0.25) is 0 Å². The van der Waals surface area contributed by atoms with Crippen molar-refractivity contribution < 1.29 is 18.6 Å². The molecule has 0 radical (unpaired) electrons. The zero-order chi connectivity index (χ0) is 12.4. The van der Waals surface area contributed by atoms with Crippen molar-refractivity contribution in [1.82, 2.24) is 0 Å². The summed E-state index contributed by atoms with van der Waals surface area (Å²) in [5.41, 5.74) is -0.183. The molecular formula is C12H12O5. The molecule has 0 fully saturated rings. The van der Waals surface area contributed by atoms with Crippen LogP contribution in [0.1, 0.15) is 0 Å². The first kappa shape index (κ1) is 11.3. The van der Waals surface area contributed by atoms with Crippen LogP contribution in [0.25, 0.3) is 11.0 Å². The number of methoxy groups -OCH3 is 3. The molecule has 0 bridgehead atoms. The van der Waals surface area contributed by atoms with E-state index < -0.39 is 5.63 Å². The zero-order valence-electron chi connectivity index (χ0n) is 9.77. The minimum Gasteiger partial charge on any atom is -0.496 e. The van der Waals surface area contributed by atoms with Crippen LogP contribution in [0.15, 0.2) is 27.4 Å². The van der Waals surface area contributed by atoms with Crippen molar-refractivity contribution in [2.24, 2.45) is 0 Å². The lowest BCUT2D eigenvalue weighted by Gasteiger charge is -2.10. The van der Waals surface area contributed by atoms with Gasteiger partial charge in [0.05, 0.1) is 27.4 Å². The highest BCUT2D eigenvalue weighted by atomic mass is 16.5. The van der Waals surface area contributed by atoms with Gasteiger partial charge in [-0.05, 0) is 12.1 Å². The van der Waals surface area contributed by atoms with Crippen LogP contribution < -0.4 is 19.8 Å². The standard InChI is InChI=1S/C12H12O5/c1-14-7-4-5-8(15-2)12-11(7)9(16-3)6-10(13)17-12/h4-6H,1-3H3. The fourth-order valence-corrected chi connectivity index (χ4v) is 1.68. The molecule has 0 aliphatic rings. The van der Waals surface area contributed by atoms with Crippen molar-refractivity contribution in [3.8, 4) is 17.2 Å². The summed E-state index contributed by atoms with van der Waals surface area (Å²) >= 11 is 0. The predicted molar refractivity (Wildman–Crippen MR) is 62.1 cm³/mol. The second-order valence-corrected chi connectivity index (χ2v) is 3.31. The highest BCUT2D eigenvalue weighted by Gasteiger charge is 2.15. The summed E-state index contributed by atoms with van der Waals surface area (Å²) in [6, 6.07) is 4.66. The van der Waals surface area contributed by atoms with Crippen LogP contribution in [0, 0.1) is 0 Å². The number of ether oxygens (including phenoxy) is 3. The highest BCUT2D eigenvalue weighted by Crippen LogP contribution is 2.37. The summed E-state index contributed by atoms with van der Waals surface area (Å²) in [6.07, 6.45) is 0. The molecular weight excluding hydrogens is 224 g/mol. The number of hydrogen-bond donors (Lipinski definition) is 0. The maximum absolute atomic E-state index is 11.4. The second kappa shape index (κ2) is 4.37. The maximum atomic E-state index is 11.4. The summed E-state index contributed by atoms with van der Waals surface area (Å²) in [5.74, 6) is 1.41. The molecule has 1 aromatic heterocycles. The third-order valence-corrected chi connectivity index (χ3v) is 2.44. The fraction of sp³-hybridized carbons (Fsp3) is 0.250. The van der Waals surface area contributed by atoms with Gasteiger partial charge >= 0.3 is 5.63 Å². The molecule has 0 amide bonds. The molecule has 0 saturated heterocycles. The van der Waals surface area contributed by atoms with Gasteiger partial charge < -0.3 is 18.6 Å². The normalized spacial score (nSPS) is 10.3. The van der Waals surface area contributed by atoms with Crippen LogP contribution in [-0.2, 0) is 0 Å². The van der Waals surface area contributed by atoms with Crippen LogP contribution in [0.4, 0.5) is 0 Å². The van der Waals surface area contributed by atoms with Crippen LogP contribution >= 0.6 is 0 Å². The van der Waals surface area contributed by atoms with Crippen molar-refractivity contribution >= 4 is 11.0 Å². The third kappa shape index (κ3) is 1.80. The maximum Gasteiger partial charge on any atom is 0.340 e. The highest BCUT2D eigenvalue weighted by molar-refractivity contribution is 5.93. The Morgan fingerprint density at radius 3 is 2.12 bits per heavy atom. The van der Waals surface area contributed by atoms with E-state index >= 15 is 0 Å². The Labute approximate surface area is 97.5 Å². The molecule has 0 spiro atoms. The first-order valence-corrected chi connectivity index (χ1v) is 4.94. The van der Waals surface area contributed by atoms with Crippen molar-refractivity contribution in [3.63, 3.8) is 0 Å². The Morgan fingerprint density at radius 1 is 0.941 bits per heavy atom.